The fraction of sp³-hybridized carbons (Fsp3) is 0.889. The Morgan fingerprint density at radius 2 is 1.82 bits per heavy atom. The van der Waals surface area contributed by atoms with Crippen LogP contribution in [0.3, 0.4) is 0 Å². The van der Waals surface area contributed by atoms with Gasteiger partial charge in [-0.25, -0.2) is 0 Å². The summed E-state index contributed by atoms with van der Waals surface area (Å²) in [4.78, 5) is 12.6. The van der Waals surface area contributed by atoms with E-state index in [1.807, 2.05) is 7.05 Å². The summed E-state index contributed by atoms with van der Waals surface area (Å²) in [5.41, 5.74) is 0. The molecule has 66 valence electrons. The van der Waals surface area contributed by atoms with E-state index >= 15 is 0 Å². The van der Waals surface area contributed by atoms with Gasteiger partial charge >= 0.3 is 0 Å². The van der Waals surface area contributed by atoms with Gasteiger partial charge in [0.15, 0.2) is 0 Å². The van der Waals surface area contributed by atoms with Crippen molar-refractivity contribution in [2.75, 3.05) is 13.6 Å². The monoisotopic (exact) mass is 157 g/mol. The number of amides is 1. The molecule has 0 fully saturated rings. The molecule has 0 rings (SSSR count). The summed E-state index contributed by atoms with van der Waals surface area (Å²) in [7, 11) is 1.86. The smallest absolute Gasteiger partial charge is 0.219 e. The Hall–Kier alpha value is -0.530. The van der Waals surface area contributed by atoms with E-state index in [0.29, 0.717) is 5.92 Å². The summed E-state index contributed by atoms with van der Waals surface area (Å²) in [6.45, 7) is 6.86. The van der Waals surface area contributed by atoms with Crippen LogP contribution >= 0.6 is 0 Å². The molecule has 0 aliphatic rings. The molecule has 11 heavy (non-hydrogen) atoms. The first-order valence-electron chi connectivity index (χ1n) is 4.33. The van der Waals surface area contributed by atoms with Crippen LogP contribution in [-0.2, 0) is 4.79 Å². The molecule has 2 heteroatoms. The van der Waals surface area contributed by atoms with Crippen LogP contribution in [0.25, 0.3) is 0 Å². The van der Waals surface area contributed by atoms with E-state index in [9.17, 15) is 4.79 Å². The number of carbonyl (C=O) groups is 1. The van der Waals surface area contributed by atoms with E-state index in [-0.39, 0.29) is 5.91 Å². The number of nitrogens with zero attached hydrogens (tertiary/aromatic N) is 1. The summed E-state index contributed by atoms with van der Waals surface area (Å²) in [5.74, 6) is 0.834. The minimum Gasteiger partial charge on any atom is -0.346 e. The van der Waals surface area contributed by atoms with E-state index in [4.69, 9.17) is 0 Å². The van der Waals surface area contributed by atoms with Crippen LogP contribution in [0.2, 0.25) is 0 Å². The van der Waals surface area contributed by atoms with Crippen LogP contribution in [0.5, 0.6) is 0 Å². The lowest BCUT2D eigenvalue weighted by molar-refractivity contribution is -0.128. The summed E-state index contributed by atoms with van der Waals surface area (Å²) < 4.78 is 0. The lowest BCUT2D eigenvalue weighted by Gasteiger charge is -2.20. The van der Waals surface area contributed by atoms with Crippen molar-refractivity contribution in [3.05, 3.63) is 0 Å². The summed E-state index contributed by atoms with van der Waals surface area (Å²) in [6, 6.07) is 0. The highest BCUT2D eigenvalue weighted by atomic mass is 16.2. The second-order valence-corrected chi connectivity index (χ2v) is 3.08. The van der Waals surface area contributed by atoms with Gasteiger partial charge in [-0.2, -0.15) is 0 Å². The van der Waals surface area contributed by atoms with Crippen LogP contribution in [0.15, 0.2) is 0 Å². The Morgan fingerprint density at radius 3 is 2.09 bits per heavy atom. The lowest BCUT2D eigenvalue weighted by Crippen LogP contribution is -2.29. The second-order valence-electron chi connectivity index (χ2n) is 3.08. The Labute approximate surface area is 69.6 Å². The first-order chi connectivity index (χ1) is 5.11. The largest absolute Gasteiger partial charge is 0.346 e. The van der Waals surface area contributed by atoms with Crippen molar-refractivity contribution >= 4 is 5.91 Å². The van der Waals surface area contributed by atoms with Crippen LogP contribution in [0.1, 0.15) is 33.6 Å². The first-order valence-corrected chi connectivity index (χ1v) is 4.33. The number of hydrogen-bond donors (Lipinski definition) is 0. The Balaban J connectivity index is 3.71. The zero-order valence-corrected chi connectivity index (χ0v) is 8.05. The third kappa shape index (κ3) is 4.02. The van der Waals surface area contributed by atoms with Crippen LogP contribution in [0.4, 0.5) is 0 Å². The molecule has 0 aromatic carbocycles. The molecule has 0 saturated heterocycles. The van der Waals surface area contributed by atoms with Crippen molar-refractivity contribution in [3.8, 4) is 0 Å². The normalized spacial score (nSPS) is 10.3. The maximum atomic E-state index is 10.8. The summed E-state index contributed by atoms with van der Waals surface area (Å²) in [6.07, 6.45) is 2.32. The van der Waals surface area contributed by atoms with Gasteiger partial charge in [-0.3, -0.25) is 4.79 Å². The average molecular weight is 157 g/mol. The predicted octanol–water partition coefficient (Wildman–Crippen LogP) is 1.90. The molecule has 0 radical (unpaired) electrons. The Morgan fingerprint density at radius 1 is 1.36 bits per heavy atom. The second kappa shape index (κ2) is 5.16. The molecular formula is C9H19NO. The van der Waals surface area contributed by atoms with E-state index in [0.717, 1.165) is 19.4 Å². The predicted molar refractivity (Wildman–Crippen MR) is 47.4 cm³/mol. The molecule has 1 amide bonds. The van der Waals surface area contributed by atoms with Crippen LogP contribution in [-0.4, -0.2) is 24.4 Å². The number of hydrogen-bond acceptors (Lipinski definition) is 1. The minimum absolute atomic E-state index is 0.164. The molecule has 2 nitrogen and oxygen atoms in total. The minimum atomic E-state index is 0.164. The topological polar surface area (TPSA) is 20.3 Å². The average Bonchev–Trinajstić information content (AvgIpc) is 1.99. The van der Waals surface area contributed by atoms with Crippen molar-refractivity contribution in [2.45, 2.75) is 33.6 Å². The Bertz CT molecular complexity index is 119. The third-order valence-corrected chi connectivity index (χ3v) is 2.22. The fourth-order valence-corrected chi connectivity index (χ4v) is 1.06. The zero-order chi connectivity index (χ0) is 8.85. The maximum Gasteiger partial charge on any atom is 0.219 e. The van der Waals surface area contributed by atoms with Gasteiger partial charge < -0.3 is 4.90 Å². The molecule has 0 heterocycles. The van der Waals surface area contributed by atoms with Gasteiger partial charge in [0.2, 0.25) is 5.91 Å². The number of carbonyl (C=O) groups excluding carboxylic acids is 1. The van der Waals surface area contributed by atoms with E-state index in [2.05, 4.69) is 13.8 Å². The molecule has 0 atom stereocenters. The molecule has 0 aromatic rings. The molecule has 0 N–H and O–H groups in total. The van der Waals surface area contributed by atoms with Gasteiger partial charge in [0.25, 0.3) is 0 Å². The molecule has 0 aliphatic heterocycles. The highest BCUT2D eigenvalue weighted by Gasteiger charge is 2.08. The molecule has 0 bridgehead atoms. The van der Waals surface area contributed by atoms with Crippen molar-refractivity contribution < 1.29 is 4.79 Å². The van der Waals surface area contributed by atoms with Crippen molar-refractivity contribution in [1.82, 2.24) is 4.90 Å². The quantitative estimate of drug-likeness (QED) is 0.610. The molecule has 0 aromatic heterocycles. The molecular weight excluding hydrogens is 138 g/mol. The molecule has 0 spiro atoms. The lowest BCUT2D eigenvalue weighted by atomic mass is 10.0. The van der Waals surface area contributed by atoms with Crippen LogP contribution < -0.4 is 0 Å². The van der Waals surface area contributed by atoms with E-state index in [1.165, 1.54) is 0 Å². The standard InChI is InChI=1S/C9H19NO/c1-5-9(6-2)7-10(4)8(3)11/h9H,5-7H2,1-4H3. The van der Waals surface area contributed by atoms with Gasteiger partial charge in [0, 0.05) is 20.5 Å². The SMILES string of the molecule is CCC(CC)CN(C)C(C)=O. The van der Waals surface area contributed by atoms with Crippen molar-refractivity contribution in [3.63, 3.8) is 0 Å². The first kappa shape index (κ1) is 10.5. The Kier molecular flexibility index (Phi) is 4.92. The van der Waals surface area contributed by atoms with Crippen molar-refractivity contribution in [1.29, 1.82) is 0 Å². The fourth-order valence-electron chi connectivity index (χ4n) is 1.06. The van der Waals surface area contributed by atoms with E-state index < -0.39 is 0 Å². The molecule has 0 aliphatic carbocycles. The summed E-state index contributed by atoms with van der Waals surface area (Å²) >= 11 is 0. The van der Waals surface area contributed by atoms with Gasteiger partial charge in [-0.05, 0) is 5.92 Å². The van der Waals surface area contributed by atoms with Gasteiger partial charge in [-0.15, -0.1) is 0 Å². The van der Waals surface area contributed by atoms with Gasteiger partial charge in [0.05, 0.1) is 0 Å². The molecule has 0 saturated carbocycles. The zero-order valence-electron chi connectivity index (χ0n) is 8.05. The highest BCUT2D eigenvalue weighted by Crippen LogP contribution is 2.08. The molecule has 0 unspecified atom stereocenters. The maximum absolute atomic E-state index is 10.8. The van der Waals surface area contributed by atoms with Crippen molar-refractivity contribution in [2.24, 2.45) is 5.92 Å². The van der Waals surface area contributed by atoms with Crippen LogP contribution in [0, 0.1) is 5.92 Å². The third-order valence-electron chi connectivity index (χ3n) is 2.22. The highest BCUT2D eigenvalue weighted by molar-refractivity contribution is 5.72. The van der Waals surface area contributed by atoms with Gasteiger partial charge in [-0.1, -0.05) is 26.7 Å². The van der Waals surface area contributed by atoms with E-state index in [1.54, 1.807) is 11.8 Å². The summed E-state index contributed by atoms with van der Waals surface area (Å²) in [5, 5.41) is 0. The number of rotatable bonds is 4. The van der Waals surface area contributed by atoms with Gasteiger partial charge in [0.1, 0.15) is 0 Å².